The fourth-order valence-corrected chi connectivity index (χ4v) is 3.02. The molecule has 1 aromatic heterocycles. The van der Waals surface area contributed by atoms with Gasteiger partial charge in [0, 0.05) is 22.2 Å². The minimum atomic E-state index is -0.0847. The van der Waals surface area contributed by atoms with Crippen LogP contribution in [0.15, 0.2) is 18.2 Å². The summed E-state index contributed by atoms with van der Waals surface area (Å²) in [7, 11) is 0. The van der Waals surface area contributed by atoms with Gasteiger partial charge in [-0.25, -0.2) is 0 Å². The number of nitrogens with zero attached hydrogens (tertiary/aromatic N) is 2. The molecule has 21 heavy (non-hydrogen) atoms. The number of halogens is 3. The van der Waals surface area contributed by atoms with E-state index in [-0.39, 0.29) is 12.2 Å². The molecule has 0 bridgehead atoms. The molecule has 0 saturated heterocycles. The maximum atomic E-state index is 12.4. The number of rotatable bonds is 5. The van der Waals surface area contributed by atoms with Gasteiger partial charge in [-0.15, -0.1) is 0 Å². The van der Waals surface area contributed by atoms with Crippen LogP contribution in [0.3, 0.4) is 0 Å². The standard InChI is InChI=1S/C15H15Cl3N2O/c1-3-12-15(18)13(20(4-2)19-12)8-14(21)9-5-10(16)7-11(17)6-9/h5-7H,3-4,8H2,1-2H3. The molecule has 2 rings (SSSR count). The van der Waals surface area contributed by atoms with E-state index >= 15 is 0 Å². The van der Waals surface area contributed by atoms with Crippen molar-refractivity contribution < 1.29 is 4.79 Å². The first kappa shape index (κ1) is 16.3. The summed E-state index contributed by atoms with van der Waals surface area (Å²) in [6.07, 6.45) is 0.909. The van der Waals surface area contributed by atoms with Gasteiger partial charge in [-0.05, 0) is 31.5 Å². The third-order valence-electron chi connectivity index (χ3n) is 3.21. The van der Waals surface area contributed by atoms with Crippen LogP contribution in [0.2, 0.25) is 15.1 Å². The van der Waals surface area contributed by atoms with E-state index in [1.807, 2.05) is 13.8 Å². The monoisotopic (exact) mass is 344 g/mol. The fraction of sp³-hybridized carbons (Fsp3) is 0.333. The van der Waals surface area contributed by atoms with Crippen LogP contribution in [-0.4, -0.2) is 15.6 Å². The normalized spacial score (nSPS) is 10.9. The summed E-state index contributed by atoms with van der Waals surface area (Å²) in [6.45, 7) is 4.61. The number of carbonyl (C=O) groups excluding carboxylic acids is 1. The smallest absolute Gasteiger partial charge is 0.168 e. The highest BCUT2D eigenvalue weighted by Gasteiger charge is 2.18. The maximum Gasteiger partial charge on any atom is 0.168 e. The molecule has 1 heterocycles. The van der Waals surface area contributed by atoms with Crippen molar-refractivity contribution in [3.63, 3.8) is 0 Å². The third-order valence-corrected chi connectivity index (χ3v) is 4.08. The average molecular weight is 346 g/mol. The van der Waals surface area contributed by atoms with Crippen LogP contribution >= 0.6 is 34.8 Å². The summed E-state index contributed by atoms with van der Waals surface area (Å²) < 4.78 is 1.77. The highest BCUT2D eigenvalue weighted by molar-refractivity contribution is 6.35. The maximum absolute atomic E-state index is 12.4. The molecule has 1 aromatic carbocycles. The Balaban J connectivity index is 2.33. The number of benzene rings is 1. The zero-order valence-corrected chi connectivity index (χ0v) is 14.1. The lowest BCUT2D eigenvalue weighted by molar-refractivity contribution is 0.0990. The summed E-state index contributed by atoms with van der Waals surface area (Å²) >= 11 is 18.2. The summed E-state index contributed by atoms with van der Waals surface area (Å²) in [5, 5.41) is 5.86. The van der Waals surface area contributed by atoms with Crippen molar-refractivity contribution in [2.45, 2.75) is 33.2 Å². The number of hydrogen-bond acceptors (Lipinski definition) is 2. The Bertz CT molecular complexity index is 660. The van der Waals surface area contributed by atoms with E-state index < -0.39 is 0 Å². The van der Waals surface area contributed by atoms with E-state index in [4.69, 9.17) is 34.8 Å². The van der Waals surface area contributed by atoms with Gasteiger partial charge in [-0.2, -0.15) is 5.10 Å². The minimum Gasteiger partial charge on any atom is -0.294 e. The van der Waals surface area contributed by atoms with Gasteiger partial charge in [0.15, 0.2) is 5.78 Å². The lowest BCUT2D eigenvalue weighted by Gasteiger charge is -2.06. The topological polar surface area (TPSA) is 34.9 Å². The van der Waals surface area contributed by atoms with E-state index in [9.17, 15) is 4.79 Å². The van der Waals surface area contributed by atoms with Crippen molar-refractivity contribution in [2.24, 2.45) is 0 Å². The Morgan fingerprint density at radius 3 is 2.29 bits per heavy atom. The molecule has 0 fully saturated rings. The van der Waals surface area contributed by atoms with Crippen LogP contribution in [0.1, 0.15) is 35.6 Å². The highest BCUT2D eigenvalue weighted by Crippen LogP contribution is 2.25. The van der Waals surface area contributed by atoms with Crippen LogP contribution in [0.25, 0.3) is 0 Å². The van der Waals surface area contributed by atoms with Gasteiger partial charge in [-0.3, -0.25) is 9.48 Å². The summed E-state index contributed by atoms with van der Waals surface area (Å²) in [4.78, 5) is 12.4. The van der Waals surface area contributed by atoms with Gasteiger partial charge in [0.05, 0.1) is 22.8 Å². The van der Waals surface area contributed by atoms with Gasteiger partial charge in [0.2, 0.25) is 0 Å². The Hall–Kier alpha value is -1.03. The Labute approximate surface area is 138 Å². The predicted molar refractivity (Wildman–Crippen MR) is 86.8 cm³/mol. The molecule has 0 amide bonds. The van der Waals surface area contributed by atoms with Gasteiger partial charge in [-0.1, -0.05) is 41.7 Å². The highest BCUT2D eigenvalue weighted by atomic mass is 35.5. The molecule has 0 radical (unpaired) electrons. The summed E-state index contributed by atoms with van der Waals surface area (Å²) in [6, 6.07) is 4.81. The first-order chi connectivity index (χ1) is 9.96. The second-order valence-corrected chi connectivity index (χ2v) is 5.89. The number of hydrogen-bond donors (Lipinski definition) is 0. The predicted octanol–water partition coefficient (Wildman–Crippen LogP) is 4.85. The number of Topliss-reactive ketones (excluding diaryl/α,β-unsaturated/α-hetero) is 1. The molecule has 6 heteroatoms. The minimum absolute atomic E-state index is 0.0847. The number of aromatic nitrogens is 2. The number of ketones is 1. The van der Waals surface area contributed by atoms with Crippen LogP contribution in [0, 0.1) is 0 Å². The van der Waals surface area contributed by atoms with Crippen molar-refractivity contribution in [1.29, 1.82) is 0 Å². The first-order valence-electron chi connectivity index (χ1n) is 6.69. The van der Waals surface area contributed by atoms with Crippen molar-refractivity contribution in [3.05, 3.63) is 50.2 Å². The van der Waals surface area contributed by atoms with E-state index in [2.05, 4.69) is 5.10 Å². The van der Waals surface area contributed by atoms with E-state index in [1.54, 1.807) is 22.9 Å². The van der Waals surface area contributed by atoms with Crippen LogP contribution in [0.4, 0.5) is 0 Å². The molecule has 2 aromatic rings. The van der Waals surface area contributed by atoms with E-state index in [0.29, 0.717) is 27.2 Å². The van der Waals surface area contributed by atoms with Crippen LogP contribution in [-0.2, 0) is 19.4 Å². The fourth-order valence-electron chi connectivity index (χ4n) is 2.16. The average Bonchev–Trinajstić information content (AvgIpc) is 2.74. The van der Waals surface area contributed by atoms with Crippen LogP contribution < -0.4 is 0 Å². The van der Waals surface area contributed by atoms with E-state index in [1.165, 1.54) is 0 Å². The largest absolute Gasteiger partial charge is 0.294 e. The Morgan fingerprint density at radius 1 is 1.14 bits per heavy atom. The molecular formula is C15H15Cl3N2O. The second kappa shape index (κ2) is 6.82. The van der Waals surface area contributed by atoms with Gasteiger partial charge in [0.1, 0.15) is 0 Å². The zero-order chi connectivity index (χ0) is 15.6. The molecular weight excluding hydrogens is 331 g/mol. The van der Waals surface area contributed by atoms with Crippen molar-refractivity contribution in [2.75, 3.05) is 0 Å². The Kier molecular flexibility index (Phi) is 5.31. The molecule has 3 nitrogen and oxygen atoms in total. The number of aryl methyl sites for hydroxylation is 2. The molecule has 0 spiro atoms. The van der Waals surface area contributed by atoms with Gasteiger partial charge < -0.3 is 0 Å². The molecule has 0 N–H and O–H groups in total. The SMILES string of the molecule is CCc1nn(CC)c(CC(=O)c2cc(Cl)cc(Cl)c2)c1Cl. The first-order valence-corrected chi connectivity index (χ1v) is 7.83. The molecule has 0 atom stereocenters. The van der Waals surface area contributed by atoms with Crippen molar-refractivity contribution in [3.8, 4) is 0 Å². The lowest BCUT2D eigenvalue weighted by Crippen LogP contribution is -2.10. The van der Waals surface area contributed by atoms with Crippen molar-refractivity contribution >= 4 is 40.6 Å². The molecule has 0 aliphatic rings. The van der Waals surface area contributed by atoms with Crippen LogP contribution in [0.5, 0.6) is 0 Å². The lowest BCUT2D eigenvalue weighted by atomic mass is 10.1. The molecule has 0 saturated carbocycles. The zero-order valence-electron chi connectivity index (χ0n) is 11.8. The second-order valence-electron chi connectivity index (χ2n) is 4.63. The summed E-state index contributed by atoms with van der Waals surface area (Å²) in [5.41, 5.74) is 2.02. The van der Waals surface area contributed by atoms with Crippen molar-refractivity contribution in [1.82, 2.24) is 9.78 Å². The number of carbonyl (C=O) groups is 1. The molecule has 112 valence electrons. The quantitative estimate of drug-likeness (QED) is 0.726. The Morgan fingerprint density at radius 2 is 1.76 bits per heavy atom. The molecule has 0 unspecified atom stereocenters. The molecule has 0 aliphatic carbocycles. The van der Waals surface area contributed by atoms with Gasteiger partial charge >= 0.3 is 0 Å². The van der Waals surface area contributed by atoms with E-state index in [0.717, 1.165) is 17.8 Å². The summed E-state index contributed by atoms with van der Waals surface area (Å²) in [5.74, 6) is -0.0847. The third kappa shape index (κ3) is 3.60. The molecule has 0 aliphatic heterocycles. The van der Waals surface area contributed by atoms with Gasteiger partial charge in [0.25, 0.3) is 0 Å².